The Morgan fingerprint density at radius 1 is 1.26 bits per heavy atom. The zero-order chi connectivity index (χ0) is 24.7. The molecular formula is C23H25ClN8O2S. The number of hydrogen-bond donors (Lipinski definition) is 2. The van der Waals surface area contributed by atoms with E-state index < -0.39 is 11.7 Å². The number of aromatic nitrogens is 6. The molecular weight excluding hydrogens is 488 g/mol. The number of halogens is 1. The number of hydrogen-bond acceptors (Lipinski definition) is 9. The first kappa shape index (κ1) is 23.6. The van der Waals surface area contributed by atoms with E-state index >= 15 is 0 Å². The molecule has 4 aromatic rings. The Bertz CT molecular complexity index is 1410. The largest absolute Gasteiger partial charge is 0.444 e. The molecule has 4 aromatic heterocycles. The molecule has 2 N–H and O–H groups in total. The smallest absolute Gasteiger partial charge is 0.407 e. The van der Waals surface area contributed by atoms with Gasteiger partial charge in [0.15, 0.2) is 10.8 Å². The van der Waals surface area contributed by atoms with Crippen molar-refractivity contribution in [2.75, 3.05) is 18.0 Å². The third kappa shape index (κ3) is 4.96. The highest BCUT2D eigenvalue weighted by Crippen LogP contribution is 2.38. The van der Waals surface area contributed by atoms with Gasteiger partial charge in [-0.25, -0.2) is 24.7 Å². The molecule has 1 fully saturated rings. The molecule has 1 aliphatic heterocycles. The minimum Gasteiger partial charge on any atom is -0.444 e. The molecule has 0 aromatic carbocycles. The number of rotatable bonds is 5. The predicted molar refractivity (Wildman–Crippen MR) is 135 cm³/mol. The molecule has 10 nitrogen and oxygen atoms in total. The van der Waals surface area contributed by atoms with Crippen LogP contribution in [0.2, 0.25) is 5.02 Å². The predicted octanol–water partition coefficient (Wildman–Crippen LogP) is 4.38. The van der Waals surface area contributed by atoms with Gasteiger partial charge in [0, 0.05) is 42.3 Å². The topological polar surface area (TPSA) is 122 Å². The fourth-order valence-corrected chi connectivity index (χ4v) is 4.92. The highest BCUT2D eigenvalue weighted by atomic mass is 35.5. The summed E-state index contributed by atoms with van der Waals surface area (Å²) in [5.41, 5.74) is 2.33. The summed E-state index contributed by atoms with van der Waals surface area (Å²) in [5.74, 6) is 0.731. The number of amides is 1. The van der Waals surface area contributed by atoms with E-state index in [2.05, 4.69) is 30.2 Å². The van der Waals surface area contributed by atoms with E-state index in [0.717, 1.165) is 28.2 Å². The van der Waals surface area contributed by atoms with Crippen LogP contribution in [0.15, 0.2) is 34.7 Å². The van der Waals surface area contributed by atoms with Crippen LogP contribution in [0.3, 0.4) is 0 Å². The highest BCUT2D eigenvalue weighted by molar-refractivity contribution is 7.99. The van der Waals surface area contributed by atoms with Crippen LogP contribution >= 0.6 is 23.4 Å². The van der Waals surface area contributed by atoms with E-state index in [1.807, 2.05) is 33.8 Å². The van der Waals surface area contributed by atoms with Gasteiger partial charge < -0.3 is 19.9 Å². The van der Waals surface area contributed by atoms with Crippen molar-refractivity contribution >= 4 is 57.5 Å². The number of H-pyrrole nitrogens is 1. The average Bonchev–Trinajstić information content (AvgIpc) is 3.10. The van der Waals surface area contributed by atoms with Crippen LogP contribution in [0, 0.1) is 0 Å². The molecule has 0 bridgehead atoms. The van der Waals surface area contributed by atoms with Crippen molar-refractivity contribution in [1.82, 2.24) is 35.2 Å². The minimum atomic E-state index is -0.545. The standard InChI is InChI=1S/C23H25ClN8O2S/c1-5-14-17(24)16-19(29-14)30-21(35-13-8-15-18(27-9-13)26-7-6-25-15)31-20(16)32-10-12(11-32)28-22(33)34-23(2,3)4/h6-9,12H,5,10-11H2,1-4H3,(H,28,33)(H,29,30,31). The number of aromatic amines is 1. The van der Waals surface area contributed by atoms with Crippen LogP contribution in [0.25, 0.3) is 22.2 Å². The summed E-state index contributed by atoms with van der Waals surface area (Å²) < 4.78 is 5.37. The fraction of sp³-hybridized carbons (Fsp3) is 0.391. The van der Waals surface area contributed by atoms with Crippen LogP contribution < -0.4 is 10.2 Å². The van der Waals surface area contributed by atoms with E-state index in [-0.39, 0.29) is 6.04 Å². The van der Waals surface area contributed by atoms with E-state index in [0.29, 0.717) is 40.1 Å². The van der Waals surface area contributed by atoms with Crippen molar-refractivity contribution in [3.63, 3.8) is 0 Å². The first-order valence-corrected chi connectivity index (χ1v) is 12.5. The van der Waals surface area contributed by atoms with E-state index in [1.54, 1.807) is 18.6 Å². The van der Waals surface area contributed by atoms with Gasteiger partial charge in [0.1, 0.15) is 22.6 Å². The maximum atomic E-state index is 12.1. The minimum absolute atomic E-state index is 0.0439. The molecule has 12 heteroatoms. The molecule has 1 saturated heterocycles. The highest BCUT2D eigenvalue weighted by Gasteiger charge is 2.33. The molecule has 0 spiro atoms. The fourth-order valence-electron chi connectivity index (χ4n) is 3.81. The third-order valence-electron chi connectivity index (χ3n) is 5.39. The quantitative estimate of drug-likeness (QED) is 0.375. The number of pyridine rings is 1. The van der Waals surface area contributed by atoms with Crippen LogP contribution in [0.5, 0.6) is 0 Å². The molecule has 5 heterocycles. The summed E-state index contributed by atoms with van der Waals surface area (Å²) in [7, 11) is 0. The number of aryl methyl sites for hydroxylation is 1. The maximum absolute atomic E-state index is 12.1. The summed E-state index contributed by atoms with van der Waals surface area (Å²) in [6.07, 6.45) is 5.30. The molecule has 0 radical (unpaired) electrons. The molecule has 0 atom stereocenters. The molecule has 5 rings (SSSR count). The molecule has 0 aliphatic carbocycles. The third-order valence-corrected chi connectivity index (χ3v) is 6.63. The zero-order valence-electron chi connectivity index (χ0n) is 19.8. The van der Waals surface area contributed by atoms with Crippen molar-refractivity contribution in [1.29, 1.82) is 0 Å². The lowest BCUT2D eigenvalue weighted by atomic mass is 10.1. The van der Waals surface area contributed by atoms with Crippen LogP contribution in [-0.4, -0.2) is 60.7 Å². The molecule has 0 saturated carbocycles. The van der Waals surface area contributed by atoms with Gasteiger partial charge in [0.05, 0.1) is 16.5 Å². The lowest BCUT2D eigenvalue weighted by Crippen LogP contribution is -2.60. The van der Waals surface area contributed by atoms with Crippen molar-refractivity contribution in [2.24, 2.45) is 0 Å². The van der Waals surface area contributed by atoms with Crippen molar-refractivity contribution in [3.05, 3.63) is 35.4 Å². The number of ether oxygens (including phenoxy) is 1. The summed E-state index contributed by atoms with van der Waals surface area (Å²) in [5, 5.41) is 4.88. The second kappa shape index (κ2) is 9.12. The first-order valence-electron chi connectivity index (χ1n) is 11.3. The Labute approximate surface area is 211 Å². The number of alkyl carbamates (subject to hydrolysis) is 1. The van der Waals surface area contributed by atoms with Crippen molar-refractivity contribution in [3.8, 4) is 0 Å². The zero-order valence-corrected chi connectivity index (χ0v) is 21.4. The van der Waals surface area contributed by atoms with Gasteiger partial charge in [-0.2, -0.15) is 0 Å². The molecule has 1 aliphatic rings. The summed E-state index contributed by atoms with van der Waals surface area (Å²) >= 11 is 8.09. The van der Waals surface area contributed by atoms with Gasteiger partial charge in [-0.15, -0.1) is 0 Å². The lowest BCUT2D eigenvalue weighted by Gasteiger charge is -2.40. The van der Waals surface area contributed by atoms with Gasteiger partial charge in [-0.05, 0) is 45.0 Å². The van der Waals surface area contributed by atoms with Gasteiger partial charge >= 0.3 is 6.09 Å². The Morgan fingerprint density at radius 2 is 2.03 bits per heavy atom. The van der Waals surface area contributed by atoms with Gasteiger partial charge in [0.25, 0.3) is 0 Å². The van der Waals surface area contributed by atoms with Crippen LogP contribution in [0.1, 0.15) is 33.4 Å². The first-order chi connectivity index (χ1) is 16.7. The van der Waals surface area contributed by atoms with Crippen molar-refractivity contribution in [2.45, 2.75) is 55.8 Å². The Morgan fingerprint density at radius 3 is 2.77 bits per heavy atom. The maximum Gasteiger partial charge on any atom is 0.407 e. The Kier molecular flexibility index (Phi) is 6.14. The monoisotopic (exact) mass is 512 g/mol. The second-order valence-corrected chi connectivity index (χ2v) is 10.7. The summed E-state index contributed by atoms with van der Waals surface area (Å²) in [6.45, 7) is 8.73. The second-order valence-electron chi connectivity index (χ2n) is 9.24. The van der Waals surface area contributed by atoms with Gasteiger partial charge in [-0.3, -0.25) is 4.98 Å². The summed E-state index contributed by atoms with van der Waals surface area (Å²) in [4.78, 5) is 40.9. The number of fused-ring (bicyclic) bond motifs is 2. The van der Waals surface area contributed by atoms with E-state index in [1.165, 1.54) is 11.8 Å². The Hall–Kier alpha value is -3.18. The molecule has 35 heavy (non-hydrogen) atoms. The molecule has 182 valence electrons. The lowest BCUT2D eigenvalue weighted by molar-refractivity contribution is 0.0496. The Balaban J connectivity index is 1.41. The number of nitrogens with one attached hydrogen (secondary N) is 2. The molecule has 1 amide bonds. The summed E-state index contributed by atoms with van der Waals surface area (Å²) in [6, 6.07) is 1.87. The molecule has 0 unspecified atom stereocenters. The number of nitrogens with zero attached hydrogens (tertiary/aromatic N) is 6. The van der Waals surface area contributed by atoms with Crippen molar-refractivity contribution < 1.29 is 9.53 Å². The van der Waals surface area contributed by atoms with Gasteiger partial charge in [0.2, 0.25) is 0 Å². The van der Waals surface area contributed by atoms with E-state index in [9.17, 15) is 4.79 Å². The number of carbonyl (C=O) groups excluding carboxylic acids is 1. The number of anilines is 1. The van der Waals surface area contributed by atoms with Gasteiger partial charge in [-0.1, -0.05) is 18.5 Å². The van der Waals surface area contributed by atoms with Crippen LogP contribution in [-0.2, 0) is 11.2 Å². The average molecular weight is 513 g/mol. The number of carbonyl (C=O) groups is 1. The van der Waals surface area contributed by atoms with Crippen LogP contribution in [0.4, 0.5) is 10.6 Å². The SMILES string of the molecule is CCc1[nH]c2nc(Sc3cnc4nccnc4c3)nc(N3CC(NC(=O)OC(C)(C)C)C3)c2c1Cl. The normalized spacial score (nSPS) is 14.4. The van der Waals surface area contributed by atoms with E-state index in [4.69, 9.17) is 26.3 Å².